The third kappa shape index (κ3) is 3.32. The molecule has 0 aliphatic rings. The van der Waals surface area contributed by atoms with E-state index in [1.807, 2.05) is 0 Å². The zero-order chi connectivity index (χ0) is 15.8. The van der Waals surface area contributed by atoms with Crippen LogP contribution in [0.3, 0.4) is 0 Å². The number of ether oxygens (including phenoxy) is 1. The van der Waals surface area contributed by atoms with Gasteiger partial charge in [-0.15, -0.1) is 0 Å². The van der Waals surface area contributed by atoms with Crippen LogP contribution < -0.4 is 4.74 Å². The summed E-state index contributed by atoms with van der Waals surface area (Å²) in [5.41, 5.74) is 6.12. The van der Waals surface area contributed by atoms with Crippen molar-refractivity contribution in [1.29, 1.82) is 0 Å². The summed E-state index contributed by atoms with van der Waals surface area (Å²) in [6.45, 7) is 10.9. The quantitative estimate of drug-likeness (QED) is 0.644. The fourth-order valence-corrected chi connectivity index (χ4v) is 3.06. The molecule has 0 aliphatic carbocycles. The van der Waals surface area contributed by atoms with Gasteiger partial charge in [-0.05, 0) is 42.5 Å². The van der Waals surface area contributed by atoms with Crippen LogP contribution in [0, 0.1) is 13.8 Å². The molecule has 0 unspecified atom stereocenters. The van der Waals surface area contributed by atoms with Gasteiger partial charge in [0, 0.05) is 15.6 Å². The Labute approximate surface area is 136 Å². The van der Waals surface area contributed by atoms with Crippen LogP contribution in [-0.4, -0.2) is 7.11 Å². The van der Waals surface area contributed by atoms with Crippen LogP contribution >= 0.6 is 15.9 Å². The highest BCUT2D eigenvalue weighted by Crippen LogP contribution is 2.42. The molecule has 0 saturated heterocycles. The van der Waals surface area contributed by atoms with Crippen molar-refractivity contribution in [2.45, 2.75) is 40.0 Å². The molecular weight excluding hydrogens is 324 g/mol. The summed E-state index contributed by atoms with van der Waals surface area (Å²) in [5, 5.41) is 0. The number of aryl methyl sites for hydroxylation is 2. The monoisotopic (exact) mass is 346 g/mol. The zero-order valence-corrected chi connectivity index (χ0v) is 15.3. The minimum Gasteiger partial charge on any atom is -0.496 e. The average molecular weight is 347 g/mol. The maximum absolute atomic E-state index is 5.79. The maximum Gasteiger partial charge on any atom is 0.130 e. The van der Waals surface area contributed by atoms with Crippen molar-refractivity contribution < 1.29 is 4.74 Å². The lowest BCUT2D eigenvalue weighted by Crippen LogP contribution is -2.14. The first kappa shape index (κ1) is 16.1. The lowest BCUT2D eigenvalue weighted by Gasteiger charge is -2.25. The molecule has 0 saturated carbocycles. The molecule has 0 bridgehead atoms. The first-order valence-electron chi connectivity index (χ1n) is 7.19. The van der Waals surface area contributed by atoms with E-state index >= 15 is 0 Å². The molecule has 2 rings (SSSR count). The molecule has 0 N–H and O–H groups in total. The number of rotatable bonds is 2. The Balaban J connectivity index is 2.80. The lowest BCUT2D eigenvalue weighted by molar-refractivity contribution is 0.399. The molecule has 0 radical (unpaired) electrons. The smallest absolute Gasteiger partial charge is 0.130 e. The van der Waals surface area contributed by atoms with Crippen molar-refractivity contribution in [2.24, 2.45) is 0 Å². The summed E-state index contributed by atoms with van der Waals surface area (Å²) in [6.07, 6.45) is 0. The van der Waals surface area contributed by atoms with E-state index in [1.54, 1.807) is 7.11 Å². The second-order valence-electron chi connectivity index (χ2n) is 6.63. The van der Waals surface area contributed by atoms with Crippen LogP contribution in [-0.2, 0) is 5.41 Å². The molecule has 0 atom stereocenters. The highest BCUT2D eigenvalue weighted by molar-refractivity contribution is 9.10. The van der Waals surface area contributed by atoms with Crippen LogP contribution in [0.2, 0.25) is 0 Å². The van der Waals surface area contributed by atoms with Gasteiger partial charge in [-0.3, -0.25) is 0 Å². The summed E-state index contributed by atoms with van der Waals surface area (Å²) < 4.78 is 6.88. The van der Waals surface area contributed by atoms with Gasteiger partial charge in [-0.25, -0.2) is 0 Å². The van der Waals surface area contributed by atoms with E-state index in [2.05, 4.69) is 80.9 Å². The SMILES string of the molecule is COc1c(-c2cc(C)ccc2Br)cc(C)cc1C(C)(C)C. The van der Waals surface area contributed by atoms with E-state index in [1.165, 1.54) is 22.3 Å². The van der Waals surface area contributed by atoms with Crippen molar-refractivity contribution in [3.63, 3.8) is 0 Å². The normalized spacial score (nSPS) is 11.6. The Kier molecular flexibility index (Phi) is 4.48. The van der Waals surface area contributed by atoms with E-state index in [-0.39, 0.29) is 5.41 Å². The molecule has 21 heavy (non-hydrogen) atoms. The zero-order valence-electron chi connectivity index (χ0n) is 13.7. The minimum absolute atomic E-state index is 0.0441. The number of hydrogen-bond acceptors (Lipinski definition) is 1. The van der Waals surface area contributed by atoms with E-state index in [0.29, 0.717) is 0 Å². The van der Waals surface area contributed by atoms with Crippen molar-refractivity contribution in [1.82, 2.24) is 0 Å². The molecule has 112 valence electrons. The van der Waals surface area contributed by atoms with Gasteiger partial charge in [0.1, 0.15) is 5.75 Å². The molecule has 0 amide bonds. The Morgan fingerprint density at radius 1 is 0.905 bits per heavy atom. The number of hydrogen-bond donors (Lipinski definition) is 0. The molecule has 0 fully saturated rings. The molecule has 0 spiro atoms. The standard InChI is InChI=1S/C19H23BrO/c1-12-7-8-17(20)14(9-12)15-10-13(2)11-16(18(15)21-6)19(3,4)5/h7-11H,1-6H3. The van der Waals surface area contributed by atoms with Crippen LogP contribution in [0.1, 0.15) is 37.5 Å². The Hall–Kier alpha value is -1.28. The molecule has 0 heterocycles. The second kappa shape index (κ2) is 5.84. The molecule has 2 heteroatoms. The van der Waals surface area contributed by atoms with E-state index < -0.39 is 0 Å². The van der Waals surface area contributed by atoms with Gasteiger partial charge in [-0.2, -0.15) is 0 Å². The first-order valence-corrected chi connectivity index (χ1v) is 7.99. The first-order chi connectivity index (χ1) is 9.74. The van der Waals surface area contributed by atoms with Gasteiger partial charge in [0.2, 0.25) is 0 Å². The van der Waals surface area contributed by atoms with E-state index in [9.17, 15) is 0 Å². The third-order valence-corrected chi connectivity index (χ3v) is 4.35. The fraction of sp³-hybridized carbons (Fsp3) is 0.368. The lowest BCUT2D eigenvalue weighted by atomic mass is 9.83. The number of methoxy groups -OCH3 is 1. The van der Waals surface area contributed by atoms with Crippen LogP contribution in [0.25, 0.3) is 11.1 Å². The van der Waals surface area contributed by atoms with Crippen molar-refractivity contribution in [3.05, 3.63) is 51.5 Å². The van der Waals surface area contributed by atoms with Gasteiger partial charge < -0.3 is 4.74 Å². The molecule has 1 nitrogen and oxygen atoms in total. The highest BCUT2D eigenvalue weighted by atomic mass is 79.9. The average Bonchev–Trinajstić information content (AvgIpc) is 2.39. The number of benzene rings is 2. The Bertz CT molecular complexity index is 666. The van der Waals surface area contributed by atoms with E-state index in [0.717, 1.165) is 15.8 Å². The van der Waals surface area contributed by atoms with Crippen LogP contribution in [0.4, 0.5) is 0 Å². The minimum atomic E-state index is 0.0441. The second-order valence-corrected chi connectivity index (χ2v) is 7.48. The predicted octanol–water partition coefficient (Wildman–Crippen LogP) is 6.04. The molecular formula is C19H23BrO. The Morgan fingerprint density at radius 2 is 1.52 bits per heavy atom. The fourth-order valence-electron chi connectivity index (χ4n) is 2.60. The van der Waals surface area contributed by atoms with Crippen molar-refractivity contribution in [3.8, 4) is 16.9 Å². The summed E-state index contributed by atoms with van der Waals surface area (Å²) >= 11 is 3.67. The van der Waals surface area contributed by atoms with Crippen LogP contribution in [0.15, 0.2) is 34.8 Å². The van der Waals surface area contributed by atoms with E-state index in [4.69, 9.17) is 4.74 Å². The van der Waals surface area contributed by atoms with Crippen molar-refractivity contribution in [2.75, 3.05) is 7.11 Å². The summed E-state index contributed by atoms with van der Waals surface area (Å²) in [5.74, 6) is 0.972. The van der Waals surface area contributed by atoms with Crippen LogP contribution in [0.5, 0.6) is 5.75 Å². The molecule has 0 aromatic heterocycles. The third-order valence-electron chi connectivity index (χ3n) is 3.66. The predicted molar refractivity (Wildman–Crippen MR) is 94.3 cm³/mol. The molecule has 2 aromatic carbocycles. The van der Waals surface area contributed by atoms with Gasteiger partial charge >= 0.3 is 0 Å². The maximum atomic E-state index is 5.79. The largest absolute Gasteiger partial charge is 0.496 e. The topological polar surface area (TPSA) is 9.23 Å². The van der Waals surface area contributed by atoms with Crippen molar-refractivity contribution >= 4 is 15.9 Å². The van der Waals surface area contributed by atoms with Gasteiger partial charge in [0.25, 0.3) is 0 Å². The highest BCUT2D eigenvalue weighted by Gasteiger charge is 2.23. The Morgan fingerprint density at radius 3 is 2.10 bits per heavy atom. The molecule has 2 aromatic rings. The van der Waals surface area contributed by atoms with Gasteiger partial charge in [0.05, 0.1) is 7.11 Å². The van der Waals surface area contributed by atoms with Gasteiger partial charge in [-0.1, -0.05) is 60.5 Å². The summed E-state index contributed by atoms with van der Waals surface area (Å²) in [4.78, 5) is 0. The van der Waals surface area contributed by atoms with Gasteiger partial charge in [0.15, 0.2) is 0 Å². The summed E-state index contributed by atoms with van der Waals surface area (Å²) in [6, 6.07) is 10.8. The number of halogens is 1. The summed E-state index contributed by atoms with van der Waals surface area (Å²) in [7, 11) is 1.76. The molecule has 0 aliphatic heterocycles.